The Kier molecular flexibility index (Phi) is 45.2. The van der Waals surface area contributed by atoms with Gasteiger partial charge in [0.2, 0.25) is 29.9 Å². The van der Waals surface area contributed by atoms with Crippen molar-refractivity contribution in [3.8, 4) is 0 Å². The number of nitrogens with two attached hydrogens (primary N) is 1. The van der Waals surface area contributed by atoms with Crippen molar-refractivity contribution >= 4 is 47.5 Å². The number of aliphatic carboxylic acids is 1. The van der Waals surface area contributed by atoms with Gasteiger partial charge in [0.05, 0.1) is 6.42 Å². The summed E-state index contributed by atoms with van der Waals surface area (Å²) in [6, 6.07) is -3.99. The van der Waals surface area contributed by atoms with Gasteiger partial charge < -0.3 is 55.6 Å². The van der Waals surface area contributed by atoms with E-state index >= 15 is 0 Å². The van der Waals surface area contributed by atoms with E-state index < -0.39 is 109 Å². The molecule has 7 N–H and O–H groups in total. The van der Waals surface area contributed by atoms with Crippen LogP contribution in [0.4, 0.5) is 0 Å². The highest BCUT2D eigenvalue weighted by molar-refractivity contribution is 5.92. The van der Waals surface area contributed by atoms with E-state index in [1.165, 1.54) is 149 Å². The van der Waals surface area contributed by atoms with Crippen molar-refractivity contribution in [2.24, 2.45) is 5.73 Å². The minimum atomic E-state index is -1.70. The predicted octanol–water partition coefficient (Wildman–Crippen LogP) is 11.2. The number of hydrogen-bond donors (Lipinski definition) is 6. The maximum atomic E-state index is 13.7. The second-order valence-corrected chi connectivity index (χ2v) is 23.0. The number of carboxylic acids is 1. The summed E-state index contributed by atoms with van der Waals surface area (Å²) in [5.74, 6) is -6.23. The Balaban J connectivity index is 3.18. The molecule has 19 nitrogen and oxygen atoms in total. The summed E-state index contributed by atoms with van der Waals surface area (Å²) in [6.07, 6.45) is 28.3. The Morgan fingerprint density at radius 3 is 1.43 bits per heavy atom. The first-order valence-electron chi connectivity index (χ1n) is 32.4. The average molecular weight is 1170 g/mol. The standard InChI is InChI=1S/C63H114N4O15/c1-7-10-13-16-19-22-24-25-27-30-32-35-38-41-54(71)80-50(40-37-34-31-28-21-18-15-12-9-3)45-56(73)78-46-52-58(74)59(79-48(5)62(77)65-47(4)61(76)67-51(60(64)75)43-44-53(69)70)57(66-49(6)68)63(81-52)82-55(72)42-39-36-33-29-26-23-20-17-14-11-8-2/h47-48,50-52,57-59,63,74H,7-46H2,1-6H3,(H2,64,75)(H,65,77)(H,66,68)(H,67,76)(H,69,70)/t47-,48?,50+,51+,52+,57+,58+,59-,63?/m0/s1. The van der Waals surface area contributed by atoms with Crippen molar-refractivity contribution in [2.45, 2.75) is 347 Å². The third kappa shape index (κ3) is 38.5. The molecule has 0 aromatic heterocycles. The van der Waals surface area contributed by atoms with Crippen molar-refractivity contribution in [1.29, 1.82) is 0 Å². The quantitative estimate of drug-likeness (QED) is 0.0188. The molecule has 1 saturated heterocycles. The van der Waals surface area contributed by atoms with E-state index in [0.29, 0.717) is 19.3 Å². The number of unbranched alkanes of at least 4 members (excludes halogenated alkanes) is 30. The molecule has 0 aliphatic carbocycles. The fraction of sp³-hybridized carbons (Fsp3) is 0.873. The van der Waals surface area contributed by atoms with E-state index in [1.54, 1.807) is 0 Å². The van der Waals surface area contributed by atoms with Crippen molar-refractivity contribution in [1.82, 2.24) is 16.0 Å². The van der Waals surface area contributed by atoms with Crippen LogP contribution >= 0.6 is 0 Å². The van der Waals surface area contributed by atoms with E-state index in [2.05, 4.69) is 36.7 Å². The molecule has 9 atom stereocenters. The number of carbonyl (C=O) groups excluding carboxylic acids is 7. The summed E-state index contributed by atoms with van der Waals surface area (Å²) in [4.78, 5) is 103. The van der Waals surface area contributed by atoms with E-state index in [0.717, 1.165) is 70.6 Å². The smallest absolute Gasteiger partial charge is 0.309 e. The molecule has 1 rings (SSSR count). The predicted molar refractivity (Wildman–Crippen MR) is 317 cm³/mol. The molecule has 0 bridgehead atoms. The molecule has 4 amide bonds. The molecule has 19 heteroatoms. The number of rotatable bonds is 53. The number of carbonyl (C=O) groups is 8. The maximum absolute atomic E-state index is 13.7. The summed E-state index contributed by atoms with van der Waals surface area (Å²) in [7, 11) is 0. The highest BCUT2D eigenvalue weighted by atomic mass is 16.7. The number of ether oxygens (including phenoxy) is 5. The molecular formula is C63H114N4O15. The van der Waals surface area contributed by atoms with Crippen molar-refractivity contribution in [3.63, 3.8) is 0 Å². The number of aliphatic hydroxyl groups excluding tert-OH is 1. The molecule has 0 aromatic carbocycles. The highest BCUT2D eigenvalue weighted by Crippen LogP contribution is 2.28. The first kappa shape index (κ1) is 75.7. The molecule has 0 radical (unpaired) electrons. The van der Waals surface area contributed by atoms with Gasteiger partial charge in [0.1, 0.15) is 55.3 Å². The van der Waals surface area contributed by atoms with Gasteiger partial charge in [0.25, 0.3) is 0 Å². The third-order valence-electron chi connectivity index (χ3n) is 15.3. The van der Waals surface area contributed by atoms with Gasteiger partial charge in [-0.3, -0.25) is 38.4 Å². The summed E-state index contributed by atoms with van der Waals surface area (Å²) in [5.41, 5.74) is 5.38. The van der Waals surface area contributed by atoms with Gasteiger partial charge in [-0.25, -0.2) is 0 Å². The van der Waals surface area contributed by atoms with Crippen molar-refractivity contribution in [3.05, 3.63) is 0 Å². The zero-order valence-electron chi connectivity index (χ0n) is 51.8. The molecule has 2 unspecified atom stereocenters. The van der Waals surface area contributed by atoms with Crippen LogP contribution in [0.3, 0.4) is 0 Å². The number of primary amides is 1. The minimum Gasteiger partial charge on any atom is -0.481 e. The van der Waals surface area contributed by atoms with Crippen LogP contribution in [0, 0.1) is 0 Å². The Labute approximate surface area is 493 Å². The van der Waals surface area contributed by atoms with Crippen molar-refractivity contribution in [2.75, 3.05) is 6.61 Å². The van der Waals surface area contributed by atoms with Crippen LogP contribution in [0.25, 0.3) is 0 Å². The summed E-state index contributed by atoms with van der Waals surface area (Å²) >= 11 is 0. The molecule has 1 fully saturated rings. The van der Waals surface area contributed by atoms with Gasteiger partial charge in [0.15, 0.2) is 0 Å². The summed E-state index contributed by atoms with van der Waals surface area (Å²) in [5, 5.41) is 28.4. The molecule has 1 aliphatic heterocycles. The number of nitrogens with one attached hydrogen (secondary N) is 3. The van der Waals surface area contributed by atoms with Crippen molar-refractivity contribution < 1.29 is 72.3 Å². The van der Waals surface area contributed by atoms with E-state index in [9.17, 15) is 43.5 Å². The Morgan fingerprint density at radius 1 is 0.549 bits per heavy atom. The lowest BCUT2D eigenvalue weighted by atomic mass is 9.96. The molecule has 1 aliphatic rings. The number of aliphatic hydroxyl groups is 1. The number of carboxylic acid groups (broad SMARTS) is 1. The highest BCUT2D eigenvalue weighted by Gasteiger charge is 2.50. The van der Waals surface area contributed by atoms with Crippen LogP contribution in [0.2, 0.25) is 0 Å². The van der Waals surface area contributed by atoms with Gasteiger partial charge >= 0.3 is 23.9 Å². The molecule has 0 spiro atoms. The van der Waals surface area contributed by atoms with Gasteiger partial charge in [-0.2, -0.15) is 0 Å². The summed E-state index contributed by atoms with van der Waals surface area (Å²) in [6.45, 7) is 9.89. The van der Waals surface area contributed by atoms with Gasteiger partial charge in [-0.1, -0.05) is 213 Å². The zero-order valence-corrected chi connectivity index (χ0v) is 51.8. The fourth-order valence-corrected chi connectivity index (χ4v) is 10.2. The third-order valence-corrected chi connectivity index (χ3v) is 15.3. The number of esters is 3. The van der Waals surface area contributed by atoms with E-state index in [4.69, 9.17) is 34.5 Å². The monoisotopic (exact) mass is 1170 g/mol. The van der Waals surface area contributed by atoms with Crippen LogP contribution in [0.5, 0.6) is 0 Å². The average Bonchev–Trinajstić information content (AvgIpc) is 3.64. The lowest BCUT2D eigenvalue weighted by molar-refractivity contribution is -0.275. The van der Waals surface area contributed by atoms with Gasteiger partial charge in [-0.15, -0.1) is 0 Å². The zero-order chi connectivity index (χ0) is 60.8. The number of amides is 4. The minimum absolute atomic E-state index is 0.0293. The second kappa shape index (κ2) is 49.0. The summed E-state index contributed by atoms with van der Waals surface area (Å²) < 4.78 is 29.8. The second-order valence-electron chi connectivity index (χ2n) is 23.0. The molecule has 1 heterocycles. The van der Waals surface area contributed by atoms with Gasteiger partial charge in [-0.05, 0) is 46.0 Å². The Hall–Kier alpha value is -4.36. The van der Waals surface area contributed by atoms with E-state index in [-0.39, 0.29) is 31.7 Å². The molecule has 0 saturated carbocycles. The molecule has 0 aromatic rings. The SMILES string of the molecule is CCCCCCCCCCCCCCCC(=O)O[C@H](CCCCCCCCCCC)CC(=O)OC[C@H]1OC(OC(=O)CCCCCCCCCCCCC)[C@H](NC(C)=O)[C@H](OC(C)C(=O)N[C@@H](C)C(=O)N[C@H](CCC(=O)O)C(N)=O)[C@@H]1O. The van der Waals surface area contributed by atoms with Crippen LogP contribution in [0.15, 0.2) is 0 Å². The fourth-order valence-electron chi connectivity index (χ4n) is 10.2. The normalized spacial score (nSPS) is 18.4. The lowest BCUT2D eigenvalue weighted by Gasteiger charge is -2.44. The first-order valence-corrected chi connectivity index (χ1v) is 32.4. The van der Waals surface area contributed by atoms with Crippen LogP contribution < -0.4 is 21.7 Å². The molecular weight excluding hydrogens is 1050 g/mol. The van der Waals surface area contributed by atoms with Crippen LogP contribution in [-0.4, -0.2) is 119 Å². The molecule has 476 valence electrons. The lowest BCUT2D eigenvalue weighted by Crippen LogP contribution is -2.66. The first-order chi connectivity index (χ1) is 39.4. The van der Waals surface area contributed by atoms with Crippen LogP contribution in [0.1, 0.15) is 292 Å². The Morgan fingerprint density at radius 2 is 0.988 bits per heavy atom. The maximum Gasteiger partial charge on any atom is 0.309 e. The number of hydrogen-bond acceptors (Lipinski definition) is 14. The van der Waals surface area contributed by atoms with Gasteiger partial charge in [0, 0.05) is 26.2 Å². The largest absolute Gasteiger partial charge is 0.481 e. The topological polar surface area (TPSA) is 285 Å². The van der Waals surface area contributed by atoms with Crippen LogP contribution in [-0.2, 0) is 62.0 Å². The van der Waals surface area contributed by atoms with E-state index in [1.807, 2.05) is 0 Å². The Bertz CT molecular complexity index is 1750. The molecule has 82 heavy (non-hydrogen) atoms.